The summed E-state index contributed by atoms with van der Waals surface area (Å²) in [6.07, 6.45) is 0. The zero-order valence-electron chi connectivity index (χ0n) is 23.6. The Morgan fingerprint density at radius 1 is 0.976 bits per heavy atom. The van der Waals surface area contributed by atoms with Crippen LogP contribution < -0.4 is 19.5 Å². The molecule has 0 spiro atoms. The number of anilines is 1. The molecule has 0 radical (unpaired) electrons. The number of fused-ring (bicyclic) bond motifs is 1. The number of ether oxygens (including phenoxy) is 3. The first-order chi connectivity index (χ1) is 20.4. The maximum absolute atomic E-state index is 13.8. The normalized spacial score (nSPS) is 11.6. The second kappa shape index (κ2) is 12.7. The minimum Gasteiger partial charge on any atom is -0.497 e. The van der Waals surface area contributed by atoms with Gasteiger partial charge in [-0.25, -0.2) is 9.67 Å². The molecule has 5 rings (SSSR count). The summed E-state index contributed by atoms with van der Waals surface area (Å²) in [6.45, 7) is 1.71. The molecule has 0 bridgehead atoms. The zero-order chi connectivity index (χ0) is 29.6. The quantitative estimate of drug-likeness (QED) is 0.238. The van der Waals surface area contributed by atoms with E-state index in [-0.39, 0.29) is 24.9 Å². The number of para-hydroxylation sites is 1. The smallest absolute Gasteiger partial charge is 0.247 e. The van der Waals surface area contributed by atoms with Crippen molar-refractivity contribution in [1.29, 1.82) is 0 Å². The van der Waals surface area contributed by atoms with E-state index in [1.807, 2.05) is 53.9 Å². The Morgan fingerprint density at radius 2 is 1.71 bits per heavy atom. The number of carbonyl (C=O) groups is 2. The van der Waals surface area contributed by atoms with E-state index in [1.165, 1.54) is 28.0 Å². The zero-order valence-corrected chi connectivity index (χ0v) is 24.4. The monoisotopic (exact) mass is 586 g/mol. The lowest BCUT2D eigenvalue weighted by Gasteiger charge is -2.28. The number of thiazole rings is 1. The van der Waals surface area contributed by atoms with Gasteiger partial charge in [-0.15, -0.1) is 16.4 Å². The van der Waals surface area contributed by atoms with Crippen LogP contribution in [0.3, 0.4) is 0 Å². The van der Waals surface area contributed by atoms with Crippen LogP contribution in [0.5, 0.6) is 17.2 Å². The third-order valence-corrected chi connectivity index (χ3v) is 7.62. The Labute approximate surface area is 246 Å². The topological polar surface area (TPSA) is 121 Å². The third kappa shape index (κ3) is 6.18. The number of hydrogen-bond donors (Lipinski definition) is 1. The summed E-state index contributed by atoms with van der Waals surface area (Å²) in [7, 11) is 4.68. The van der Waals surface area contributed by atoms with Crippen LogP contribution >= 0.6 is 11.3 Å². The second-order valence-electron chi connectivity index (χ2n) is 9.34. The van der Waals surface area contributed by atoms with Crippen LogP contribution in [0.15, 0.2) is 72.1 Å². The van der Waals surface area contributed by atoms with Gasteiger partial charge in [-0.2, -0.15) is 0 Å². The molecule has 1 atom stereocenters. The molecule has 0 fully saturated rings. The average molecular weight is 587 g/mol. The number of amides is 2. The van der Waals surface area contributed by atoms with E-state index in [1.54, 1.807) is 39.3 Å². The number of aromatic nitrogens is 4. The Balaban J connectivity index is 1.40. The van der Waals surface area contributed by atoms with Crippen LogP contribution in [0.25, 0.3) is 22.3 Å². The van der Waals surface area contributed by atoms with Gasteiger partial charge in [0.25, 0.3) is 0 Å². The van der Waals surface area contributed by atoms with Crippen molar-refractivity contribution in [2.45, 2.75) is 26.1 Å². The van der Waals surface area contributed by atoms with Crippen LogP contribution in [0, 0.1) is 0 Å². The summed E-state index contributed by atoms with van der Waals surface area (Å²) < 4.78 is 17.5. The van der Waals surface area contributed by atoms with Crippen molar-refractivity contribution in [3.63, 3.8) is 0 Å². The van der Waals surface area contributed by atoms with E-state index >= 15 is 0 Å². The van der Waals surface area contributed by atoms with Crippen LogP contribution in [0.2, 0.25) is 0 Å². The summed E-state index contributed by atoms with van der Waals surface area (Å²) in [5.41, 5.74) is 3.55. The molecule has 0 aliphatic carbocycles. The number of nitrogens with zero attached hydrogens (tertiary/aromatic N) is 5. The molecule has 42 heavy (non-hydrogen) atoms. The second-order valence-corrected chi connectivity index (χ2v) is 10.3. The van der Waals surface area contributed by atoms with Crippen LogP contribution in [0.1, 0.15) is 11.9 Å². The van der Waals surface area contributed by atoms with Crippen molar-refractivity contribution in [2.75, 3.05) is 26.6 Å². The molecule has 1 unspecified atom stereocenters. The number of benzene rings is 3. The highest BCUT2D eigenvalue weighted by atomic mass is 32.1. The molecular weight excluding hydrogens is 556 g/mol. The Kier molecular flexibility index (Phi) is 8.63. The molecule has 2 heterocycles. The Hall–Kier alpha value is -4.97. The summed E-state index contributed by atoms with van der Waals surface area (Å²) >= 11 is 1.42. The van der Waals surface area contributed by atoms with Crippen LogP contribution in [0.4, 0.5) is 5.69 Å². The number of hydrogen-bond acceptors (Lipinski definition) is 9. The maximum Gasteiger partial charge on any atom is 0.247 e. The number of rotatable bonds is 11. The molecule has 3 aromatic carbocycles. The summed E-state index contributed by atoms with van der Waals surface area (Å²) in [5.74, 6) is 1.08. The first-order valence-electron chi connectivity index (χ1n) is 13.1. The van der Waals surface area contributed by atoms with Gasteiger partial charge in [0.1, 0.15) is 40.4 Å². The first-order valence-corrected chi connectivity index (χ1v) is 14.0. The van der Waals surface area contributed by atoms with E-state index in [2.05, 4.69) is 15.6 Å². The maximum atomic E-state index is 13.8. The first kappa shape index (κ1) is 28.6. The van der Waals surface area contributed by atoms with Crippen molar-refractivity contribution in [3.05, 3.63) is 77.1 Å². The van der Waals surface area contributed by atoms with Gasteiger partial charge in [-0.3, -0.25) is 9.59 Å². The fourth-order valence-electron chi connectivity index (χ4n) is 4.40. The molecule has 2 aromatic heterocycles. The highest BCUT2D eigenvalue weighted by Crippen LogP contribution is 2.30. The molecule has 11 nitrogen and oxygen atoms in total. The number of nitrogens with one attached hydrogen (secondary N) is 1. The highest BCUT2D eigenvalue weighted by molar-refractivity contribution is 7.09. The van der Waals surface area contributed by atoms with Crippen LogP contribution in [-0.2, 0) is 22.7 Å². The molecule has 1 N–H and O–H groups in total. The van der Waals surface area contributed by atoms with Crippen molar-refractivity contribution in [2.24, 2.45) is 0 Å². The van der Waals surface area contributed by atoms with Gasteiger partial charge in [0.15, 0.2) is 0 Å². The van der Waals surface area contributed by atoms with Gasteiger partial charge in [-0.05, 0) is 55.5 Å². The van der Waals surface area contributed by atoms with Gasteiger partial charge >= 0.3 is 0 Å². The lowest BCUT2D eigenvalue weighted by Crippen LogP contribution is -2.46. The Morgan fingerprint density at radius 3 is 2.45 bits per heavy atom. The largest absolute Gasteiger partial charge is 0.497 e. The standard InChI is InChI=1S/C30H30N6O5S/c1-19(30(38)32-24-14-13-22(40-3)15-27(24)41-4)35(29(37)17-36-26-8-6-5-7-23(26)33-34-36)16-28-31-25(18-42-28)20-9-11-21(39-2)12-10-20/h5-15,18-19H,16-17H2,1-4H3,(H,32,38). The summed E-state index contributed by atoms with van der Waals surface area (Å²) in [6, 6.07) is 19.2. The van der Waals surface area contributed by atoms with E-state index in [9.17, 15) is 9.59 Å². The van der Waals surface area contributed by atoms with Crippen LogP contribution in [-0.4, -0.2) is 64.1 Å². The molecule has 2 amide bonds. The molecule has 0 saturated heterocycles. The molecule has 0 saturated carbocycles. The highest BCUT2D eigenvalue weighted by Gasteiger charge is 2.28. The predicted molar refractivity (Wildman–Crippen MR) is 160 cm³/mol. The van der Waals surface area contributed by atoms with Gasteiger partial charge in [0.05, 0.1) is 44.8 Å². The summed E-state index contributed by atoms with van der Waals surface area (Å²) in [5, 5.41) is 13.8. The van der Waals surface area contributed by atoms with E-state index < -0.39 is 6.04 Å². The van der Waals surface area contributed by atoms with Crippen molar-refractivity contribution in [1.82, 2.24) is 24.9 Å². The van der Waals surface area contributed by atoms with Crippen molar-refractivity contribution < 1.29 is 23.8 Å². The minimum absolute atomic E-state index is 0.0965. The molecule has 12 heteroatoms. The van der Waals surface area contributed by atoms with Gasteiger partial charge in [0, 0.05) is 17.0 Å². The Bertz CT molecular complexity index is 1700. The molecule has 0 aliphatic heterocycles. The SMILES string of the molecule is COc1ccc(-c2csc(CN(C(=O)Cn3nnc4ccccc43)C(C)C(=O)Nc3ccc(OC)cc3OC)n2)cc1. The minimum atomic E-state index is -0.854. The molecule has 0 aliphatic rings. The van der Waals surface area contributed by atoms with E-state index in [0.717, 1.165) is 22.5 Å². The number of methoxy groups -OCH3 is 3. The molecule has 216 valence electrons. The van der Waals surface area contributed by atoms with Crippen molar-refractivity contribution in [3.8, 4) is 28.5 Å². The van der Waals surface area contributed by atoms with Gasteiger partial charge in [0.2, 0.25) is 11.8 Å². The lowest BCUT2D eigenvalue weighted by atomic mass is 10.2. The van der Waals surface area contributed by atoms with E-state index in [4.69, 9.17) is 19.2 Å². The average Bonchev–Trinajstić information content (AvgIpc) is 3.67. The van der Waals surface area contributed by atoms with Crippen molar-refractivity contribution >= 4 is 39.9 Å². The predicted octanol–water partition coefficient (Wildman–Crippen LogP) is 4.64. The van der Waals surface area contributed by atoms with Gasteiger partial charge < -0.3 is 24.4 Å². The van der Waals surface area contributed by atoms with E-state index in [0.29, 0.717) is 27.7 Å². The fraction of sp³-hybridized carbons (Fsp3) is 0.233. The molecule has 5 aromatic rings. The third-order valence-electron chi connectivity index (χ3n) is 6.78. The van der Waals surface area contributed by atoms with Gasteiger partial charge in [-0.1, -0.05) is 17.3 Å². The summed E-state index contributed by atoms with van der Waals surface area (Å²) in [4.78, 5) is 33.6. The fourth-order valence-corrected chi connectivity index (χ4v) is 5.20. The molecular formula is C30H30N6O5S. The number of carbonyl (C=O) groups excluding carboxylic acids is 2. The lowest BCUT2D eigenvalue weighted by molar-refractivity contribution is -0.139.